The zero-order valence-corrected chi connectivity index (χ0v) is 9.56. The van der Waals surface area contributed by atoms with Gasteiger partial charge in [0.1, 0.15) is 6.54 Å². The highest BCUT2D eigenvalue weighted by Crippen LogP contribution is 2.09. The Morgan fingerprint density at radius 3 is 2.00 bits per heavy atom. The summed E-state index contributed by atoms with van der Waals surface area (Å²) in [5.41, 5.74) is 0. The van der Waals surface area contributed by atoms with Crippen LogP contribution in [0.1, 0.15) is 26.7 Å². The molecule has 0 spiro atoms. The molecular formula is C10H12N2O5. The molecule has 0 N–H and O–H groups in total. The molecule has 5 amide bonds. The third-order valence-electron chi connectivity index (χ3n) is 2.33. The number of carbonyl (C=O) groups excluding carboxylic acids is 5. The molecule has 0 radical (unpaired) electrons. The first-order chi connectivity index (χ1) is 7.93. The molecule has 1 saturated heterocycles. The lowest BCUT2D eigenvalue weighted by atomic mass is 10.2. The second-order valence-electron chi connectivity index (χ2n) is 3.42. The van der Waals surface area contributed by atoms with Crippen molar-refractivity contribution in [3.8, 4) is 0 Å². The van der Waals surface area contributed by atoms with E-state index in [2.05, 4.69) is 0 Å². The van der Waals surface area contributed by atoms with E-state index in [0.29, 0.717) is 9.80 Å². The average molecular weight is 240 g/mol. The molecule has 0 aromatic heterocycles. The van der Waals surface area contributed by atoms with Crippen molar-refractivity contribution in [3.63, 3.8) is 0 Å². The molecule has 92 valence electrons. The number of piperazine rings is 1. The van der Waals surface area contributed by atoms with E-state index in [4.69, 9.17) is 0 Å². The van der Waals surface area contributed by atoms with E-state index in [-0.39, 0.29) is 12.8 Å². The molecule has 0 atom stereocenters. The smallest absolute Gasteiger partial charge is 0.274 e. The molecule has 1 fully saturated rings. The van der Waals surface area contributed by atoms with E-state index in [1.54, 1.807) is 0 Å². The van der Waals surface area contributed by atoms with Gasteiger partial charge in [0, 0.05) is 12.8 Å². The van der Waals surface area contributed by atoms with Crippen LogP contribution in [-0.4, -0.2) is 45.9 Å². The molecule has 1 rings (SSSR count). The van der Waals surface area contributed by atoms with Crippen molar-refractivity contribution in [2.24, 2.45) is 0 Å². The Labute approximate surface area is 97.3 Å². The van der Waals surface area contributed by atoms with Crippen molar-refractivity contribution in [3.05, 3.63) is 0 Å². The number of nitrogens with zero attached hydrogens (tertiary/aromatic N) is 2. The molecular weight excluding hydrogens is 228 g/mol. The maximum absolute atomic E-state index is 11.5. The van der Waals surface area contributed by atoms with Gasteiger partial charge in [-0.2, -0.15) is 0 Å². The highest BCUT2D eigenvalue weighted by Gasteiger charge is 2.43. The summed E-state index contributed by atoms with van der Waals surface area (Å²) in [4.78, 5) is 58.0. The van der Waals surface area contributed by atoms with Gasteiger partial charge in [-0.25, -0.2) is 4.90 Å². The van der Waals surface area contributed by atoms with Gasteiger partial charge in [0.15, 0.2) is 0 Å². The molecule has 1 aliphatic rings. The lowest BCUT2D eigenvalue weighted by molar-refractivity contribution is -0.170. The first-order valence-electron chi connectivity index (χ1n) is 5.18. The van der Waals surface area contributed by atoms with Crippen LogP contribution in [0.3, 0.4) is 0 Å². The quantitative estimate of drug-likeness (QED) is 0.458. The summed E-state index contributed by atoms with van der Waals surface area (Å²) in [6.45, 7) is 2.42. The maximum atomic E-state index is 11.5. The molecule has 0 saturated carbocycles. The standard InChI is InChI=1S/C10H12N2O5/c1-3-6(13)11-5-8(15)12(7(14)4-2)10(17)9(11)16/h3-5H2,1-2H3. The van der Waals surface area contributed by atoms with Gasteiger partial charge in [-0.15, -0.1) is 0 Å². The average Bonchev–Trinajstić information content (AvgIpc) is 2.32. The van der Waals surface area contributed by atoms with Gasteiger partial charge in [0.05, 0.1) is 0 Å². The summed E-state index contributed by atoms with van der Waals surface area (Å²) in [7, 11) is 0. The van der Waals surface area contributed by atoms with Gasteiger partial charge in [-0.05, 0) is 0 Å². The predicted molar refractivity (Wildman–Crippen MR) is 54.2 cm³/mol. The van der Waals surface area contributed by atoms with Crippen molar-refractivity contribution in [2.45, 2.75) is 26.7 Å². The van der Waals surface area contributed by atoms with Crippen molar-refractivity contribution >= 4 is 29.5 Å². The van der Waals surface area contributed by atoms with Crippen LogP contribution in [0.25, 0.3) is 0 Å². The second kappa shape index (κ2) is 4.86. The van der Waals surface area contributed by atoms with E-state index < -0.39 is 36.1 Å². The molecule has 1 aliphatic heterocycles. The molecule has 0 aromatic rings. The molecule has 1 heterocycles. The van der Waals surface area contributed by atoms with Gasteiger partial charge >= 0.3 is 11.8 Å². The van der Waals surface area contributed by atoms with Gasteiger partial charge < -0.3 is 0 Å². The number of hydrogen-bond acceptors (Lipinski definition) is 5. The van der Waals surface area contributed by atoms with Crippen LogP contribution < -0.4 is 0 Å². The van der Waals surface area contributed by atoms with Gasteiger partial charge in [-0.1, -0.05) is 13.8 Å². The highest BCUT2D eigenvalue weighted by molar-refractivity contribution is 6.45. The fourth-order valence-electron chi connectivity index (χ4n) is 1.40. The van der Waals surface area contributed by atoms with Gasteiger partial charge in [0.2, 0.25) is 11.8 Å². The predicted octanol–water partition coefficient (Wildman–Crippen LogP) is -0.943. The zero-order valence-electron chi connectivity index (χ0n) is 9.56. The maximum Gasteiger partial charge on any atom is 0.326 e. The first kappa shape index (κ1) is 13.0. The van der Waals surface area contributed by atoms with Crippen molar-refractivity contribution in [2.75, 3.05) is 6.54 Å². The molecule has 7 nitrogen and oxygen atoms in total. The third-order valence-corrected chi connectivity index (χ3v) is 2.33. The van der Waals surface area contributed by atoms with E-state index in [0.717, 1.165) is 0 Å². The molecule has 0 bridgehead atoms. The summed E-state index contributed by atoms with van der Waals surface area (Å²) >= 11 is 0. The van der Waals surface area contributed by atoms with E-state index >= 15 is 0 Å². The molecule has 0 aliphatic carbocycles. The minimum absolute atomic E-state index is 0.00796. The minimum Gasteiger partial charge on any atom is -0.274 e. The van der Waals surface area contributed by atoms with Crippen molar-refractivity contribution < 1.29 is 24.0 Å². The Kier molecular flexibility index (Phi) is 3.72. The molecule has 0 aromatic carbocycles. The topological polar surface area (TPSA) is 91.8 Å². The van der Waals surface area contributed by atoms with E-state index in [9.17, 15) is 24.0 Å². The van der Waals surface area contributed by atoms with E-state index in [1.165, 1.54) is 13.8 Å². The number of amides is 5. The Morgan fingerprint density at radius 1 is 1.00 bits per heavy atom. The Hall–Kier alpha value is -2.05. The Bertz CT molecular complexity index is 415. The molecule has 7 heteroatoms. The lowest BCUT2D eigenvalue weighted by Gasteiger charge is -2.29. The van der Waals surface area contributed by atoms with Gasteiger partial charge in [0.25, 0.3) is 5.91 Å². The summed E-state index contributed by atoms with van der Waals surface area (Å²) in [6.07, 6.45) is -0.0551. The van der Waals surface area contributed by atoms with Crippen LogP contribution in [0, 0.1) is 0 Å². The van der Waals surface area contributed by atoms with Crippen LogP contribution in [0.5, 0.6) is 0 Å². The first-order valence-corrected chi connectivity index (χ1v) is 5.18. The van der Waals surface area contributed by atoms with Gasteiger partial charge in [-0.3, -0.25) is 28.9 Å². The van der Waals surface area contributed by atoms with Crippen molar-refractivity contribution in [1.82, 2.24) is 9.80 Å². The summed E-state index contributed by atoms with van der Waals surface area (Å²) in [6, 6.07) is 0. The third kappa shape index (κ3) is 2.22. The molecule has 0 unspecified atom stereocenters. The number of hydrogen-bond donors (Lipinski definition) is 0. The fourth-order valence-corrected chi connectivity index (χ4v) is 1.40. The van der Waals surface area contributed by atoms with Crippen LogP contribution in [0.4, 0.5) is 0 Å². The zero-order chi connectivity index (χ0) is 13.2. The second-order valence-corrected chi connectivity index (χ2v) is 3.42. The van der Waals surface area contributed by atoms with E-state index in [1.807, 2.05) is 0 Å². The monoisotopic (exact) mass is 240 g/mol. The normalized spacial score (nSPS) is 16.5. The van der Waals surface area contributed by atoms with Crippen molar-refractivity contribution in [1.29, 1.82) is 0 Å². The number of imide groups is 4. The minimum atomic E-state index is -1.25. The molecule has 17 heavy (non-hydrogen) atoms. The Morgan fingerprint density at radius 2 is 1.53 bits per heavy atom. The highest BCUT2D eigenvalue weighted by atomic mass is 16.2. The largest absolute Gasteiger partial charge is 0.326 e. The van der Waals surface area contributed by atoms with Crippen LogP contribution >= 0.6 is 0 Å². The summed E-state index contributed by atoms with van der Waals surface area (Å²) in [5.74, 6) is -4.58. The lowest BCUT2D eigenvalue weighted by Crippen LogP contribution is -2.60. The fraction of sp³-hybridized carbons (Fsp3) is 0.500. The van der Waals surface area contributed by atoms with Crippen LogP contribution in [0.2, 0.25) is 0 Å². The SMILES string of the molecule is CCC(=O)N1CC(=O)N(C(=O)CC)C(=O)C1=O. The van der Waals surface area contributed by atoms with Crippen LogP contribution in [-0.2, 0) is 24.0 Å². The Balaban J connectivity index is 3.00. The summed E-state index contributed by atoms with van der Waals surface area (Å²) in [5, 5.41) is 0. The number of carbonyl (C=O) groups is 5. The van der Waals surface area contributed by atoms with Crippen LogP contribution in [0.15, 0.2) is 0 Å². The number of rotatable bonds is 2. The summed E-state index contributed by atoms with van der Waals surface area (Å²) < 4.78 is 0.